The fraction of sp³-hybridized carbons (Fsp3) is 0.526. The van der Waals surface area contributed by atoms with E-state index in [1.165, 1.54) is 6.92 Å². The molecular weight excluding hydrogens is 334 g/mol. The molecule has 0 atom stereocenters. The Kier molecular flexibility index (Phi) is 7.00. The van der Waals surface area contributed by atoms with Gasteiger partial charge in [0.15, 0.2) is 0 Å². The maximum atomic E-state index is 12.4. The topological polar surface area (TPSA) is 79.0 Å². The van der Waals surface area contributed by atoms with Crippen LogP contribution >= 0.6 is 0 Å². The van der Waals surface area contributed by atoms with Gasteiger partial charge in [-0.25, -0.2) is 4.79 Å². The van der Waals surface area contributed by atoms with Crippen molar-refractivity contribution in [1.29, 1.82) is 0 Å². The molecule has 1 aromatic rings. The second-order valence-electron chi connectivity index (χ2n) is 6.31. The Morgan fingerprint density at radius 3 is 2.42 bits per heavy atom. The maximum absolute atomic E-state index is 12.4. The fourth-order valence-corrected chi connectivity index (χ4v) is 3.04. The van der Waals surface area contributed by atoms with Crippen molar-refractivity contribution in [3.8, 4) is 5.75 Å². The summed E-state index contributed by atoms with van der Waals surface area (Å²) in [5, 5.41) is 3.00. The minimum Gasteiger partial charge on any atom is -0.427 e. The van der Waals surface area contributed by atoms with Crippen LogP contribution < -0.4 is 10.1 Å². The lowest BCUT2D eigenvalue weighted by Gasteiger charge is -2.35. The molecule has 0 spiro atoms. The molecule has 142 valence electrons. The van der Waals surface area contributed by atoms with Gasteiger partial charge >= 0.3 is 12.0 Å². The minimum absolute atomic E-state index is 0.0284. The van der Waals surface area contributed by atoms with Crippen molar-refractivity contribution in [3.05, 3.63) is 29.8 Å². The van der Waals surface area contributed by atoms with Crippen molar-refractivity contribution < 1.29 is 19.1 Å². The highest BCUT2D eigenvalue weighted by molar-refractivity contribution is 5.95. The number of likely N-dealkylation sites (tertiary alicyclic amines) is 1. The molecule has 2 rings (SSSR count). The van der Waals surface area contributed by atoms with Gasteiger partial charge in [0.1, 0.15) is 5.75 Å². The highest BCUT2D eigenvalue weighted by atomic mass is 16.5. The van der Waals surface area contributed by atoms with E-state index in [4.69, 9.17) is 4.74 Å². The Hall–Kier alpha value is -2.57. The molecule has 1 aliphatic rings. The molecule has 7 nitrogen and oxygen atoms in total. The Labute approximate surface area is 154 Å². The number of urea groups is 1. The Balaban J connectivity index is 1.88. The number of ether oxygens (including phenoxy) is 1. The van der Waals surface area contributed by atoms with Gasteiger partial charge < -0.3 is 19.9 Å². The van der Waals surface area contributed by atoms with Crippen molar-refractivity contribution in [2.24, 2.45) is 0 Å². The quantitative estimate of drug-likeness (QED) is 0.644. The van der Waals surface area contributed by atoms with Crippen molar-refractivity contribution in [3.63, 3.8) is 0 Å². The molecule has 0 unspecified atom stereocenters. The standard InChI is InChI=1S/C19H27N3O4/c1-4-21(5-2)19(25)22-11-9-16(10-12-22)20-18(24)15-7-6-8-17(13-15)26-14(3)23/h6-8,13,16H,4-5,9-12H2,1-3H3,(H,20,24). The van der Waals surface area contributed by atoms with Crippen LogP contribution in [0.4, 0.5) is 4.79 Å². The van der Waals surface area contributed by atoms with Crippen LogP contribution in [0.5, 0.6) is 5.75 Å². The monoisotopic (exact) mass is 361 g/mol. The van der Waals surface area contributed by atoms with Gasteiger partial charge in [-0.3, -0.25) is 9.59 Å². The molecule has 1 aromatic carbocycles. The Morgan fingerprint density at radius 1 is 1.19 bits per heavy atom. The van der Waals surface area contributed by atoms with Gasteiger partial charge in [-0.05, 0) is 44.9 Å². The fourth-order valence-electron chi connectivity index (χ4n) is 3.04. The average Bonchev–Trinajstić information content (AvgIpc) is 2.63. The van der Waals surface area contributed by atoms with Crippen LogP contribution in [0.25, 0.3) is 0 Å². The molecule has 1 fully saturated rings. The third-order valence-electron chi connectivity index (χ3n) is 4.49. The lowest BCUT2D eigenvalue weighted by atomic mass is 10.0. The van der Waals surface area contributed by atoms with Gasteiger partial charge in [0.2, 0.25) is 0 Å². The molecule has 1 heterocycles. The van der Waals surface area contributed by atoms with Crippen LogP contribution in [-0.4, -0.2) is 59.9 Å². The molecule has 26 heavy (non-hydrogen) atoms. The number of benzene rings is 1. The lowest BCUT2D eigenvalue weighted by molar-refractivity contribution is -0.131. The first-order chi connectivity index (χ1) is 12.4. The summed E-state index contributed by atoms with van der Waals surface area (Å²) in [5.74, 6) is -0.273. The van der Waals surface area contributed by atoms with E-state index in [0.717, 1.165) is 12.8 Å². The molecule has 1 saturated heterocycles. The number of amides is 3. The SMILES string of the molecule is CCN(CC)C(=O)N1CCC(NC(=O)c2cccc(OC(C)=O)c2)CC1. The molecule has 0 aliphatic carbocycles. The summed E-state index contributed by atoms with van der Waals surface area (Å²) >= 11 is 0. The second-order valence-corrected chi connectivity index (χ2v) is 6.31. The molecule has 0 radical (unpaired) electrons. The van der Waals surface area contributed by atoms with Gasteiger partial charge in [-0.15, -0.1) is 0 Å². The van der Waals surface area contributed by atoms with Crippen molar-refractivity contribution in [1.82, 2.24) is 15.1 Å². The number of esters is 1. The molecule has 3 amide bonds. The Bertz CT molecular complexity index is 650. The summed E-state index contributed by atoms with van der Waals surface area (Å²) in [6, 6.07) is 6.64. The number of piperidine rings is 1. The molecule has 0 saturated carbocycles. The lowest BCUT2D eigenvalue weighted by Crippen LogP contribution is -2.50. The number of nitrogens with one attached hydrogen (secondary N) is 1. The summed E-state index contributed by atoms with van der Waals surface area (Å²) in [5.41, 5.74) is 0.449. The van der Waals surface area contributed by atoms with Crippen LogP contribution in [-0.2, 0) is 4.79 Å². The van der Waals surface area contributed by atoms with E-state index in [0.29, 0.717) is 37.5 Å². The summed E-state index contributed by atoms with van der Waals surface area (Å²) in [7, 11) is 0. The summed E-state index contributed by atoms with van der Waals surface area (Å²) < 4.78 is 5.01. The number of hydrogen-bond acceptors (Lipinski definition) is 4. The second kappa shape index (κ2) is 9.22. The summed E-state index contributed by atoms with van der Waals surface area (Å²) in [6.45, 7) is 7.92. The third-order valence-corrected chi connectivity index (χ3v) is 4.49. The number of carbonyl (C=O) groups is 3. The Morgan fingerprint density at radius 2 is 1.85 bits per heavy atom. The zero-order chi connectivity index (χ0) is 19.1. The van der Waals surface area contributed by atoms with Crippen LogP contribution in [0.3, 0.4) is 0 Å². The number of carbonyl (C=O) groups excluding carboxylic acids is 3. The van der Waals surface area contributed by atoms with Gasteiger partial charge in [0, 0.05) is 44.7 Å². The van der Waals surface area contributed by atoms with Crippen LogP contribution in [0.15, 0.2) is 24.3 Å². The van der Waals surface area contributed by atoms with E-state index in [-0.39, 0.29) is 18.0 Å². The van der Waals surface area contributed by atoms with Gasteiger partial charge in [0.05, 0.1) is 0 Å². The van der Waals surface area contributed by atoms with E-state index < -0.39 is 5.97 Å². The zero-order valence-corrected chi connectivity index (χ0v) is 15.7. The molecule has 0 aromatic heterocycles. The molecule has 7 heteroatoms. The van der Waals surface area contributed by atoms with Crippen molar-refractivity contribution in [2.45, 2.75) is 39.7 Å². The molecule has 0 bridgehead atoms. The molecular formula is C19H27N3O4. The summed E-state index contributed by atoms with van der Waals surface area (Å²) in [4.78, 5) is 39.5. The average molecular weight is 361 g/mol. The van der Waals surface area contributed by atoms with Crippen LogP contribution in [0.1, 0.15) is 44.0 Å². The predicted molar refractivity (Wildman–Crippen MR) is 98.1 cm³/mol. The van der Waals surface area contributed by atoms with E-state index in [2.05, 4.69) is 5.32 Å². The zero-order valence-electron chi connectivity index (χ0n) is 15.7. The van der Waals surface area contributed by atoms with E-state index in [1.807, 2.05) is 18.7 Å². The van der Waals surface area contributed by atoms with Crippen molar-refractivity contribution in [2.75, 3.05) is 26.2 Å². The van der Waals surface area contributed by atoms with Gasteiger partial charge in [-0.2, -0.15) is 0 Å². The smallest absolute Gasteiger partial charge is 0.319 e. The highest BCUT2D eigenvalue weighted by Gasteiger charge is 2.26. The van der Waals surface area contributed by atoms with Crippen molar-refractivity contribution >= 4 is 17.9 Å². The first-order valence-corrected chi connectivity index (χ1v) is 9.07. The third kappa shape index (κ3) is 5.21. The van der Waals surface area contributed by atoms with Crippen LogP contribution in [0.2, 0.25) is 0 Å². The van der Waals surface area contributed by atoms with Gasteiger partial charge in [0.25, 0.3) is 5.91 Å². The molecule has 1 N–H and O–H groups in total. The van der Waals surface area contributed by atoms with E-state index in [1.54, 1.807) is 29.2 Å². The van der Waals surface area contributed by atoms with Gasteiger partial charge in [-0.1, -0.05) is 6.07 Å². The highest BCUT2D eigenvalue weighted by Crippen LogP contribution is 2.16. The number of hydrogen-bond donors (Lipinski definition) is 1. The van der Waals surface area contributed by atoms with E-state index in [9.17, 15) is 14.4 Å². The summed E-state index contributed by atoms with van der Waals surface area (Å²) in [6.07, 6.45) is 1.45. The predicted octanol–water partition coefficient (Wildman–Crippen LogP) is 2.27. The van der Waals surface area contributed by atoms with E-state index >= 15 is 0 Å². The molecule has 1 aliphatic heterocycles. The first-order valence-electron chi connectivity index (χ1n) is 9.07. The maximum Gasteiger partial charge on any atom is 0.319 e. The van der Waals surface area contributed by atoms with Crippen LogP contribution in [0, 0.1) is 0 Å². The first kappa shape index (κ1) is 19.8. The normalized spacial score (nSPS) is 14.7. The largest absolute Gasteiger partial charge is 0.427 e. The number of nitrogens with zero attached hydrogens (tertiary/aromatic N) is 2. The minimum atomic E-state index is -0.423. The number of rotatable bonds is 5.